The van der Waals surface area contributed by atoms with Crippen molar-refractivity contribution in [2.45, 2.75) is 13.5 Å². The molecule has 0 saturated heterocycles. The van der Waals surface area contributed by atoms with Gasteiger partial charge in [-0.05, 0) is 19.7 Å². The molecule has 0 unspecified atom stereocenters. The molecule has 3 heteroatoms. The van der Waals surface area contributed by atoms with E-state index in [0.717, 1.165) is 18.8 Å². The Morgan fingerprint density at radius 1 is 1.70 bits per heavy atom. The van der Waals surface area contributed by atoms with E-state index in [1.54, 1.807) is 0 Å². The van der Waals surface area contributed by atoms with Gasteiger partial charge in [-0.15, -0.1) is 0 Å². The topological polar surface area (TPSA) is 31.9 Å². The molecule has 0 radical (unpaired) electrons. The van der Waals surface area contributed by atoms with E-state index in [-0.39, 0.29) is 0 Å². The van der Waals surface area contributed by atoms with Crippen LogP contribution in [-0.2, 0) is 6.54 Å². The summed E-state index contributed by atoms with van der Waals surface area (Å²) in [5, 5.41) is 6.82. The first-order valence-electron chi connectivity index (χ1n) is 3.50. The van der Waals surface area contributed by atoms with Crippen molar-refractivity contribution in [2.24, 2.45) is 0 Å². The highest BCUT2D eigenvalue weighted by Gasteiger charge is 1.97. The van der Waals surface area contributed by atoms with Gasteiger partial charge in [0.25, 0.3) is 0 Å². The third-order valence-corrected chi connectivity index (χ3v) is 1.53. The average molecular weight is 139 g/mol. The van der Waals surface area contributed by atoms with Gasteiger partial charge in [-0.25, -0.2) is 0 Å². The van der Waals surface area contributed by atoms with E-state index < -0.39 is 0 Å². The zero-order chi connectivity index (χ0) is 7.40. The zero-order valence-corrected chi connectivity index (χ0v) is 6.46. The number of nitrogens with one attached hydrogen (secondary N) is 1. The van der Waals surface area contributed by atoms with E-state index in [1.165, 1.54) is 0 Å². The Labute approximate surface area is 61.0 Å². The third-order valence-electron chi connectivity index (χ3n) is 1.53. The number of aromatic nitrogens is 2. The molecule has 1 aromatic heterocycles. The standard InChI is InChI=1S/C7H13N3/c1-3-10(2)6-7-4-5-8-9-7/h4-5H,3,6H2,1-2H3,(H,8,9). The fourth-order valence-electron chi connectivity index (χ4n) is 0.767. The van der Waals surface area contributed by atoms with Crippen LogP contribution < -0.4 is 0 Å². The minimum absolute atomic E-state index is 0.931. The maximum absolute atomic E-state index is 4.04. The molecule has 0 aliphatic rings. The molecule has 0 aliphatic carbocycles. The molecule has 1 heterocycles. The van der Waals surface area contributed by atoms with Crippen molar-refractivity contribution in [2.75, 3.05) is 13.6 Å². The molecule has 56 valence electrons. The number of H-pyrrole nitrogens is 1. The minimum Gasteiger partial charge on any atom is -0.301 e. The van der Waals surface area contributed by atoms with E-state index in [4.69, 9.17) is 0 Å². The lowest BCUT2D eigenvalue weighted by Gasteiger charge is -2.10. The Morgan fingerprint density at radius 3 is 3.00 bits per heavy atom. The lowest BCUT2D eigenvalue weighted by atomic mass is 10.4. The number of hydrogen-bond donors (Lipinski definition) is 1. The molecule has 0 atom stereocenters. The highest BCUT2D eigenvalue weighted by atomic mass is 15.1. The first kappa shape index (κ1) is 7.28. The lowest BCUT2D eigenvalue weighted by Crippen LogP contribution is -2.16. The SMILES string of the molecule is CCN(C)Cc1cc[nH]n1. The Bertz CT molecular complexity index is 169. The molecule has 3 nitrogen and oxygen atoms in total. The van der Waals surface area contributed by atoms with Gasteiger partial charge in [0.15, 0.2) is 0 Å². The Kier molecular flexibility index (Phi) is 2.45. The van der Waals surface area contributed by atoms with Crippen LogP contribution in [0.15, 0.2) is 12.3 Å². The minimum atomic E-state index is 0.931. The van der Waals surface area contributed by atoms with E-state index >= 15 is 0 Å². The van der Waals surface area contributed by atoms with Gasteiger partial charge in [0.05, 0.1) is 5.69 Å². The van der Waals surface area contributed by atoms with Crippen LogP contribution in [-0.4, -0.2) is 28.7 Å². The Balaban J connectivity index is 2.40. The predicted molar refractivity (Wildman–Crippen MR) is 40.6 cm³/mol. The highest BCUT2D eigenvalue weighted by Crippen LogP contribution is 1.95. The second kappa shape index (κ2) is 3.37. The third kappa shape index (κ3) is 1.84. The second-order valence-electron chi connectivity index (χ2n) is 2.40. The Hall–Kier alpha value is -0.830. The van der Waals surface area contributed by atoms with Gasteiger partial charge in [0.1, 0.15) is 0 Å². The molecule has 0 spiro atoms. The molecular weight excluding hydrogens is 126 g/mol. The van der Waals surface area contributed by atoms with Gasteiger partial charge in [0, 0.05) is 12.7 Å². The summed E-state index contributed by atoms with van der Waals surface area (Å²) < 4.78 is 0. The summed E-state index contributed by atoms with van der Waals surface area (Å²) in [4.78, 5) is 2.20. The number of rotatable bonds is 3. The zero-order valence-electron chi connectivity index (χ0n) is 6.46. The molecule has 1 aromatic rings. The second-order valence-corrected chi connectivity index (χ2v) is 2.40. The van der Waals surface area contributed by atoms with Crippen LogP contribution in [0.1, 0.15) is 12.6 Å². The molecule has 0 fully saturated rings. The van der Waals surface area contributed by atoms with Crippen molar-refractivity contribution in [1.82, 2.24) is 15.1 Å². The van der Waals surface area contributed by atoms with E-state index in [2.05, 4.69) is 29.1 Å². The summed E-state index contributed by atoms with van der Waals surface area (Å²) in [6.07, 6.45) is 1.85. The quantitative estimate of drug-likeness (QED) is 0.673. The van der Waals surface area contributed by atoms with Crippen LogP contribution in [0.2, 0.25) is 0 Å². The number of hydrogen-bond acceptors (Lipinski definition) is 2. The molecule has 1 N–H and O–H groups in total. The van der Waals surface area contributed by atoms with Crippen LogP contribution in [0.25, 0.3) is 0 Å². The summed E-state index contributed by atoms with van der Waals surface area (Å²) in [5.41, 5.74) is 1.10. The maximum Gasteiger partial charge on any atom is 0.0762 e. The lowest BCUT2D eigenvalue weighted by molar-refractivity contribution is 0.341. The van der Waals surface area contributed by atoms with Crippen molar-refractivity contribution in [3.05, 3.63) is 18.0 Å². The van der Waals surface area contributed by atoms with Crippen molar-refractivity contribution in [3.8, 4) is 0 Å². The van der Waals surface area contributed by atoms with E-state index in [1.807, 2.05) is 12.3 Å². The number of nitrogens with zero attached hydrogens (tertiary/aromatic N) is 2. The summed E-state index contributed by atoms with van der Waals surface area (Å²) in [5.74, 6) is 0. The van der Waals surface area contributed by atoms with Crippen LogP contribution >= 0.6 is 0 Å². The molecule has 0 bridgehead atoms. The van der Waals surface area contributed by atoms with Gasteiger partial charge >= 0.3 is 0 Å². The van der Waals surface area contributed by atoms with E-state index in [0.29, 0.717) is 0 Å². The molecule has 0 amide bonds. The maximum atomic E-state index is 4.04. The first-order chi connectivity index (χ1) is 4.83. The molecule has 10 heavy (non-hydrogen) atoms. The first-order valence-corrected chi connectivity index (χ1v) is 3.50. The fraction of sp³-hybridized carbons (Fsp3) is 0.571. The van der Waals surface area contributed by atoms with Crippen molar-refractivity contribution < 1.29 is 0 Å². The van der Waals surface area contributed by atoms with Crippen LogP contribution in [0, 0.1) is 0 Å². The van der Waals surface area contributed by atoms with Gasteiger partial charge in [-0.2, -0.15) is 5.10 Å². The molecule has 0 aliphatic heterocycles. The van der Waals surface area contributed by atoms with Crippen LogP contribution in [0.5, 0.6) is 0 Å². The normalized spacial score (nSPS) is 10.7. The molecule has 0 aromatic carbocycles. The molecular formula is C7H13N3. The highest BCUT2D eigenvalue weighted by molar-refractivity contribution is 4.96. The Morgan fingerprint density at radius 2 is 2.50 bits per heavy atom. The summed E-state index contributed by atoms with van der Waals surface area (Å²) in [6, 6.07) is 1.99. The van der Waals surface area contributed by atoms with Crippen molar-refractivity contribution in [1.29, 1.82) is 0 Å². The number of aromatic amines is 1. The van der Waals surface area contributed by atoms with Crippen LogP contribution in [0.3, 0.4) is 0 Å². The largest absolute Gasteiger partial charge is 0.301 e. The van der Waals surface area contributed by atoms with Gasteiger partial charge in [-0.3, -0.25) is 5.10 Å². The monoisotopic (exact) mass is 139 g/mol. The average Bonchev–Trinajstić information content (AvgIpc) is 2.40. The molecule has 1 rings (SSSR count). The van der Waals surface area contributed by atoms with Crippen LogP contribution in [0.4, 0.5) is 0 Å². The van der Waals surface area contributed by atoms with Gasteiger partial charge in [0.2, 0.25) is 0 Å². The fourth-order valence-corrected chi connectivity index (χ4v) is 0.767. The van der Waals surface area contributed by atoms with Crippen molar-refractivity contribution in [3.63, 3.8) is 0 Å². The van der Waals surface area contributed by atoms with Crippen molar-refractivity contribution >= 4 is 0 Å². The molecule has 0 saturated carbocycles. The summed E-state index contributed by atoms with van der Waals surface area (Å²) >= 11 is 0. The van der Waals surface area contributed by atoms with Gasteiger partial charge in [-0.1, -0.05) is 6.92 Å². The smallest absolute Gasteiger partial charge is 0.0762 e. The summed E-state index contributed by atoms with van der Waals surface area (Å²) in [6.45, 7) is 4.12. The summed E-state index contributed by atoms with van der Waals surface area (Å²) in [7, 11) is 2.08. The van der Waals surface area contributed by atoms with E-state index in [9.17, 15) is 0 Å². The van der Waals surface area contributed by atoms with Gasteiger partial charge < -0.3 is 4.90 Å². The predicted octanol–water partition coefficient (Wildman–Crippen LogP) is 0.861.